The van der Waals surface area contributed by atoms with Gasteiger partial charge in [-0.25, -0.2) is 21.6 Å². The van der Waals surface area contributed by atoms with Crippen molar-refractivity contribution in [2.45, 2.75) is 57.4 Å². The lowest BCUT2D eigenvalue weighted by Crippen LogP contribution is -2.45. The minimum atomic E-state index is -3.56. The minimum Gasteiger partial charge on any atom is -0.215 e. The monoisotopic (exact) mass is 402 g/mol. The van der Waals surface area contributed by atoms with E-state index in [0.29, 0.717) is 17.9 Å². The van der Waals surface area contributed by atoms with Crippen molar-refractivity contribution in [3.05, 3.63) is 29.8 Å². The van der Waals surface area contributed by atoms with E-state index in [1.807, 2.05) is 20.8 Å². The Balaban J connectivity index is 2.06. The fraction of sp³-hybridized carbons (Fsp3) is 0.667. The van der Waals surface area contributed by atoms with E-state index in [4.69, 9.17) is 0 Å². The van der Waals surface area contributed by atoms with Crippen LogP contribution in [0.2, 0.25) is 0 Å². The van der Waals surface area contributed by atoms with Gasteiger partial charge < -0.3 is 0 Å². The van der Waals surface area contributed by atoms with Crippen molar-refractivity contribution in [2.75, 3.05) is 18.8 Å². The van der Waals surface area contributed by atoms with Gasteiger partial charge in [-0.1, -0.05) is 38.0 Å². The van der Waals surface area contributed by atoms with Gasteiger partial charge in [-0.15, -0.1) is 0 Å². The Hall–Kier alpha value is -0.960. The SMILES string of the molecule is Cc1ccc(S(=O)(=O)N2CCCCC2CCNS(=O)(=O)CC(C)C)cc1. The summed E-state index contributed by atoms with van der Waals surface area (Å²) in [7, 11) is -6.87. The molecule has 0 aliphatic carbocycles. The first-order valence-electron chi connectivity index (χ1n) is 9.17. The van der Waals surface area contributed by atoms with E-state index in [9.17, 15) is 16.8 Å². The van der Waals surface area contributed by atoms with E-state index < -0.39 is 20.0 Å². The molecule has 0 aromatic heterocycles. The number of sulfonamides is 2. The van der Waals surface area contributed by atoms with Crippen molar-refractivity contribution < 1.29 is 16.8 Å². The average molecular weight is 403 g/mol. The third kappa shape index (κ3) is 5.77. The lowest BCUT2D eigenvalue weighted by molar-refractivity contribution is 0.242. The van der Waals surface area contributed by atoms with Crippen LogP contribution in [0.25, 0.3) is 0 Å². The summed E-state index contributed by atoms with van der Waals surface area (Å²) >= 11 is 0. The Kier molecular flexibility index (Phi) is 7.24. The Labute approximate surface area is 158 Å². The number of piperidine rings is 1. The lowest BCUT2D eigenvalue weighted by Gasteiger charge is -2.34. The molecule has 0 saturated carbocycles. The molecule has 1 fully saturated rings. The van der Waals surface area contributed by atoms with Crippen LogP contribution in [0.4, 0.5) is 0 Å². The highest BCUT2D eigenvalue weighted by Crippen LogP contribution is 2.27. The molecule has 0 radical (unpaired) electrons. The fourth-order valence-electron chi connectivity index (χ4n) is 3.30. The van der Waals surface area contributed by atoms with Crippen LogP contribution in [0.5, 0.6) is 0 Å². The molecule has 8 heteroatoms. The van der Waals surface area contributed by atoms with Crippen LogP contribution in [0.3, 0.4) is 0 Å². The second-order valence-electron chi connectivity index (χ2n) is 7.44. The molecule has 1 saturated heterocycles. The maximum Gasteiger partial charge on any atom is 0.243 e. The van der Waals surface area contributed by atoms with Gasteiger partial charge in [-0.05, 0) is 44.2 Å². The molecular weight excluding hydrogens is 372 g/mol. The number of benzene rings is 1. The van der Waals surface area contributed by atoms with Crippen LogP contribution in [-0.2, 0) is 20.0 Å². The van der Waals surface area contributed by atoms with Crippen LogP contribution in [0.1, 0.15) is 45.1 Å². The standard InChI is InChI=1S/C18H30N2O4S2/c1-15(2)14-25(21,22)19-12-11-17-6-4-5-13-20(17)26(23,24)18-9-7-16(3)8-10-18/h7-10,15,17,19H,4-6,11-14H2,1-3H3. The second kappa shape index (κ2) is 8.82. The maximum atomic E-state index is 13.0. The Morgan fingerprint density at radius 2 is 1.77 bits per heavy atom. The molecular formula is C18H30N2O4S2. The number of nitrogens with one attached hydrogen (secondary N) is 1. The molecule has 26 heavy (non-hydrogen) atoms. The maximum absolute atomic E-state index is 13.0. The summed E-state index contributed by atoms with van der Waals surface area (Å²) in [5, 5.41) is 0. The van der Waals surface area contributed by atoms with Gasteiger partial charge in [-0.3, -0.25) is 0 Å². The minimum absolute atomic E-state index is 0.0561. The smallest absolute Gasteiger partial charge is 0.215 e. The third-order valence-corrected chi connectivity index (χ3v) is 8.27. The zero-order chi connectivity index (χ0) is 19.4. The summed E-state index contributed by atoms with van der Waals surface area (Å²) < 4.78 is 54.1. The van der Waals surface area contributed by atoms with Crippen molar-refractivity contribution in [1.29, 1.82) is 0 Å². The molecule has 2 rings (SSSR count). The highest BCUT2D eigenvalue weighted by atomic mass is 32.2. The predicted molar refractivity (Wildman–Crippen MR) is 104 cm³/mol. The van der Waals surface area contributed by atoms with Crippen molar-refractivity contribution in [2.24, 2.45) is 5.92 Å². The average Bonchev–Trinajstić information content (AvgIpc) is 2.54. The first-order chi connectivity index (χ1) is 12.1. The molecule has 1 N–H and O–H groups in total. The van der Waals surface area contributed by atoms with Crippen molar-refractivity contribution in [1.82, 2.24) is 9.03 Å². The number of aryl methyl sites for hydroxylation is 1. The van der Waals surface area contributed by atoms with Gasteiger partial charge in [0.25, 0.3) is 0 Å². The molecule has 1 aromatic carbocycles. The van der Waals surface area contributed by atoms with E-state index in [1.54, 1.807) is 28.6 Å². The van der Waals surface area contributed by atoms with Crippen LogP contribution < -0.4 is 4.72 Å². The number of hydrogen-bond donors (Lipinski definition) is 1. The summed E-state index contributed by atoms with van der Waals surface area (Å²) in [5.74, 6) is 0.142. The molecule has 1 aromatic rings. The highest BCUT2D eigenvalue weighted by Gasteiger charge is 2.33. The molecule has 0 amide bonds. The molecule has 6 nitrogen and oxygen atoms in total. The van der Waals surface area contributed by atoms with Crippen LogP contribution in [-0.4, -0.2) is 46.0 Å². The van der Waals surface area contributed by atoms with Crippen molar-refractivity contribution >= 4 is 20.0 Å². The topological polar surface area (TPSA) is 83.6 Å². The van der Waals surface area contributed by atoms with Crippen LogP contribution >= 0.6 is 0 Å². The zero-order valence-electron chi connectivity index (χ0n) is 15.8. The quantitative estimate of drug-likeness (QED) is 0.724. The fourth-order valence-corrected chi connectivity index (χ4v) is 6.45. The molecule has 1 heterocycles. The van der Waals surface area contributed by atoms with Gasteiger partial charge in [0.1, 0.15) is 0 Å². The summed E-state index contributed by atoms with van der Waals surface area (Å²) in [6.45, 7) is 6.38. The van der Waals surface area contributed by atoms with Crippen molar-refractivity contribution in [3.63, 3.8) is 0 Å². The van der Waals surface area contributed by atoms with E-state index in [0.717, 1.165) is 24.8 Å². The Bertz CT molecular complexity index is 787. The van der Waals surface area contributed by atoms with E-state index >= 15 is 0 Å². The molecule has 1 unspecified atom stereocenters. The van der Waals surface area contributed by atoms with E-state index in [2.05, 4.69) is 4.72 Å². The summed E-state index contributed by atoms with van der Waals surface area (Å²) in [5.41, 5.74) is 1.01. The summed E-state index contributed by atoms with van der Waals surface area (Å²) in [6.07, 6.45) is 3.05. The molecule has 0 bridgehead atoms. The van der Waals surface area contributed by atoms with Gasteiger partial charge in [-0.2, -0.15) is 4.31 Å². The lowest BCUT2D eigenvalue weighted by atomic mass is 10.0. The van der Waals surface area contributed by atoms with Crippen molar-refractivity contribution in [3.8, 4) is 0 Å². The predicted octanol–water partition coefficient (Wildman–Crippen LogP) is 2.50. The Morgan fingerprint density at radius 1 is 1.12 bits per heavy atom. The molecule has 1 aliphatic rings. The molecule has 0 spiro atoms. The number of nitrogens with zero attached hydrogens (tertiary/aromatic N) is 1. The Morgan fingerprint density at radius 3 is 2.38 bits per heavy atom. The van der Waals surface area contributed by atoms with Gasteiger partial charge in [0.2, 0.25) is 20.0 Å². The first kappa shape index (κ1) is 21.3. The largest absolute Gasteiger partial charge is 0.243 e. The van der Waals surface area contributed by atoms with Gasteiger partial charge in [0.05, 0.1) is 10.6 Å². The molecule has 1 aliphatic heterocycles. The third-order valence-electron chi connectivity index (χ3n) is 4.55. The molecule has 1 atom stereocenters. The first-order valence-corrected chi connectivity index (χ1v) is 12.3. The number of hydrogen-bond acceptors (Lipinski definition) is 4. The van der Waals surface area contributed by atoms with E-state index in [-0.39, 0.29) is 24.3 Å². The second-order valence-corrected chi connectivity index (χ2v) is 11.2. The summed E-state index contributed by atoms with van der Waals surface area (Å²) in [4.78, 5) is 0.301. The van der Waals surface area contributed by atoms with E-state index in [1.165, 1.54) is 0 Å². The highest BCUT2D eigenvalue weighted by molar-refractivity contribution is 7.89. The van der Waals surface area contributed by atoms with Gasteiger partial charge >= 0.3 is 0 Å². The zero-order valence-corrected chi connectivity index (χ0v) is 17.4. The summed E-state index contributed by atoms with van der Waals surface area (Å²) in [6, 6.07) is 6.71. The molecule has 148 valence electrons. The van der Waals surface area contributed by atoms with Crippen LogP contribution in [0, 0.1) is 12.8 Å². The van der Waals surface area contributed by atoms with Gasteiger partial charge in [0, 0.05) is 19.1 Å². The normalized spacial score (nSPS) is 19.8. The van der Waals surface area contributed by atoms with Gasteiger partial charge in [0.15, 0.2) is 0 Å². The number of rotatable bonds is 8. The van der Waals surface area contributed by atoms with Crippen LogP contribution in [0.15, 0.2) is 29.2 Å².